The molecule has 2 aliphatic rings. The zero-order valence-corrected chi connectivity index (χ0v) is 20.4. The van der Waals surface area contributed by atoms with Crippen molar-refractivity contribution in [1.82, 2.24) is 4.90 Å². The largest absolute Gasteiger partial charge is 0.459 e. The summed E-state index contributed by atoms with van der Waals surface area (Å²) in [6.07, 6.45) is 7.58. The van der Waals surface area contributed by atoms with E-state index in [1.54, 1.807) is 0 Å². The average Bonchev–Trinajstić information content (AvgIpc) is 3.14. The molecule has 2 heterocycles. The molecule has 0 radical (unpaired) electrons. The van der Waals surface area contributed by atoms with Crippen molar-refractivity contribution < 1.29 is 19.0 Å². The summed E-state index contributed by atoms with van der Waals surface area (Å²) >= 11 is 0. The highest BCUT2D eigenvalue weighted by molar-refractivity contribution is 5.79. The third kappa shape index (κ3) is 6.43. The molecule has 0 bridgehead atoms. The Labute approximate surface area is 194 Å². The molecule has 3 rings (SSSR count). The summed E-state index contributed by atoms with van der Waals surface area (Å²) in [4.78, 5) is 15.6. The van der Waals surface area contributed by atoms with Crippen molar-refractivity contribution in [2.45, 2.75) is 83.0 Å². The van der Waals surface area contributed by atoms with Crippen LogP contribution >= 0.6 is 0 Å². The highest BCUT2D eigenvalue weighted by atomic mass is 16.6. The van der Waals surface area contributed by atoms with E-state index in [0.717, 1.165) is 57.6 Å². The van der Waals surface area contributed by atoms with Gasteiger partial charge in [-0.05, 0) is 57.6 Å². The second-order valence-corrected chi connectivity index (χ2v) is 10.5. The fourth-order valence-corrected chi connectivity index (χ4v) is 4.60. The number of nitrogens with zero attached hydrogens (tertiary/aromatic N) is 1. The fourth-order valence-electron chi connectivity index (χ4n) is 4.60. The van der Waals surface area contributed by atoms with Crippen LogP contribution in [0.4, 0.5) is 0 Å². The van der Waals surface area contributed by atoms with E-state index in [-0.39, 0.29) is 17.5 Å². The number of allylic oxidation sites excluding steroid dienone is 1. The van der Waals surface area contributed by atoms with Crippen LogP contribution in [-0.4, -0.2) is 55.5 Å². The molecule has 5 nitrogen and oxygen atoms in total. The number of esters is 1. The van der Waals surface area contributed by atoms with Gasteiger partial charge in [0, 0.05) is 31.7 Å². The van der Waals surface area contributed by atoms with Crippen LogP contribution in [0.5, 0.6) is 0 Å². The summed E-state index contributed by atoms with van der Waals surface area (Å²) in [6, 6.07) is 7.89. The first-order valence-corrected chi connectivity index (χ1v) is 12.1. The topological polar surface area (TPSA) is 48.0 Å². The van der Waals surface area contributed by atoms with Crippen molar-refractivity contribution in [2.75, 3.05) is 32.9 Å². The van der Waals surface area contributed by atoms with Crippen molar-refractivity contribution in [3.63, 3.8) is 0 Å². The van der Waals surface area contributed by atoms with Gasteiger partial charge in [-0.3, -0.25) is 4.90 Å². The SMILES string of the molecule is C=CCCCCCOC1CN(C(C(=O)OC(C)(C)C)c2ccccc2C2(C)CCOC2)C1. The van der Waals surface area contributed by atoms with E-state index in [1.807, 2.05) is 32.9 Å². The van der Waals surface area contributed by atoms with Crippen LogP contribution in [-0.2, 0) is 24.4 Å². The van der Waals surface area contributed by atoms with Crippen LogP contribution in [0.3, 0.4) is 0 Å². The van der Waals surface area contributed by atoms with Gasteiger partial charge in [-0.25, -0.2) is 4.79 Å². The Kier molecular flexibility index (Phi) is 8.54. The van der Waals surface area contributed by atoms with Crippen molar-refractivity contribution in [2.24, 2.45) is 0 Å². The van der Waals surface area contributed by atoms with E-state index in [0.29, 0.717) is 6.61 Å². The number of carbonyl (C=O) groups is 1. The molecular formula is C27H41NO4. The molecule has 0 aliphatic carbocycles. The van der Waals surface area contributed by atoms with E-state index in [9.17, 15) is 4.79 Å². The van der Waals surface area contributed by atoms with E-state index in [2.05, 4.69) is 36.6 Å². The van der Waals surface area contributed by atoms with Gasteiger partial charge < -0.3 is 14.2 Å². The summed E-state index contributed by atoms with van der Waals surface area (Å²) in [5, 5.41) is 0. The lowest BCUT2D eigenvalue weighted by Gasteiger charge is -2.44. The zero-order chi connectivity index (χ0) is 23.2. The third-order valence-electron chi connectivity index (χ3n) is 6.40. The first kappa shape index (κ1) is 24.9. The van der Waals surface area contributed by atoms with Gasteiger partial charge in [0.05, 0.1) is 12.7 Å². The Morgan fingerprint density at radius 1 is 1.28 bits per heavy atom. The molecule has 2 unspecified atom stereocenters. The number of likely N-dealkylation sites (tertiary alicyclic amines) is 1. The Morgan fingerprint density at radius 3 is 2.69 bits per heavy atom. The minimum absolute atomic E-state index is 0.0803. The molecule has 0 aromatic heterocycles. The number of ether oxygens (including phenoxy) is 3. The van der Waals surface area contributed by atoms with Gasteiger partial charge in [0.15, 0.2) is 0 Å². The van der Waals surface area contributed by atoms with Gasteiger partial charge in [0.25, 0.3) is 0 Å². The number of hydrogen-bond acceptors (Lipinski definition) is 5. The maximum absolute atomic E-state index is 13.4. The van der Waals surface area contributed by atoms with Gasteiger partial charge >= 0.3 is 5.97 Å². The average molecular weight is 444 g/mol. The van der Waals surface area contributed by atoms with Crippen LogP contribution in [0.15, 0.2) is 36.9 Å². The molecule has 1 aromatic rings. The Balaban J connectivity index is 1.70. The predicted octanol–water partition coefficient (Wildman–Crippen LogP) is 5.19. The van der Waals surface area contributed by atoms with Gasteiger partial charge in [-0.2, -0.15) is 0 Å². The lowest BCUT2D eigenvalue weighted by Crippen LogP contribution is -2.56. The first-order valence-electron chi connectivity index (χ1n) is 12.1. The summed E-state index contributed by atoms with van der Waals surface area (Å²) < 4.78 is 17.7. The number of unbranched alkanes of at least 4 members (excludes halogenated alkanes) is 3. The Hall–Kier alpha value is -1.69. The highest BCUT2D eigenvalue weighted by Crippen LogP contribution is 2.40. The number of rotatable bonds is 11. The lowest BCUT2D eigenvalue weighted by atomic mass is 9.77. The van der Waals surface area contributed by atoms with Gasteiger partial charge in [-0.1, -0.05) is 43.7 Å². The highest BCUT2D eigenvalue weighted by Gasteiger charge is 2.43. The van der Waals surface area contributed by atoms with Crippen LogP contribution in [0.2, 0.25) is 0 Å². The predicted molar refractivity (Wildman–Crippen MR) is 128 cm³/mol. The van der Waals surface area contributed by atoms with Crippen molar-refractivity contribution >= 4 is 5.97 Å². The van der Waals surface area contributed by atoms with Crippen molar-refractivity contribution in [3.8, 4) is 0 Å². The van der Waals surface area contributed by atoms with Crippen molar-refractivity contribution in [1.29, 1.82) is 0 Å². The number of benzene rings is 1. The molecule has 32 heavy (non-hydrogen) atoms. The minimum atomic E-state index is -0.531. The molecule has 2 aliphatic heterocycles. The quantitative estimate of drug-likeness (QED) is 0.267. The molecule has 1 aromatic carbocycles. The van der Waals surface area contributed by atoms with Gasteiger partial charge in [-0.15, -0.1) is 6.58 Å². The standard InChI is InChI=1S/C27H41NO4/c1-6-7-8-9-12-16-31-21-18-28(19-21)24(25(29)32-26(2,3)4)22-13-10-11-14-23(22)27(5)15-17-30-20-27/h6,10-11,13-14,21,24H,1,7-9,12,15-20H2,2-5H3. The third-order valence-corrected chi connectivity index (χ3v) is 6.40. The molecule has 2 fully saturated rings. The molecule has 0 amide bonds. The second-order valence-electron chi connectivity index (χ2n) is 10.5. The molecule has 0 saturated carbocycles. The molecule has 0 N–H and O–H groups in total. The van der Waals surface area contributed by atoms with Crippen LogP contribution < -0.4 is 0 Å². The Bertz CT molecular complexity index is 757. The molecule has 178 valence electrons. The van der Waals surface area contributed by atoms with E-state index in [4.69, 9.17) is 14.2 Å². The van der Waals surface area contributed by atoms with Crippen LogP contribution in [0, 0.1) is 0 Å². The molecule has 2 saturated heterocycles. The summed E-state index contributed by atoms with van der Waals surface area (Å²) in [5.74, 6) is -0.185. The Morgan fingerprint density at radius 2 is 2.03 bits per heavy atom. The summed E-state index contributed by atoms with van der Waals surface area (Å²) in [6.45, 7) is 15.5. The maximum Gasteiger partial charge on any atom is 0.328 e. The number of carbonyl (C=O) groups excluding carboxylic acids is 1. The summed E-state index contributed by atoms with van der Waals surface area (Å²) in [7, 11) is 0. The molecular weight excluding hydrogens is 402 g/mol. The maximum atomic E-state index is 13.4. The lowest BCUT2D eigenvalue weighted by molar-refractivity contribution is -0.168. The van der Waals surface area contributed by atoms with Crippen LogP contribution in [0.25, 0.3) is 0 Å². The van der Waals surface area contributed by atoms with Crippen LogP contribution in [0.1, 0.15) is 77.0 Å². The monoisotopic (exact) mass is 443 g/mol. The van der Waals surface area contributed by atoms with Crippen molar-refractivity contribution in [3.05, 3.63) is 48.0 Å². The normalized spacial score (nSPS) is 23.0. The first-order chi connectivity index (χ1) is 15.2. The fraction of sp³-hybridized carbons (Fsp3) is 0.667. The number of hydrogen-bond donors (Lipinski definition) is 0. The second kappa shape index (κ2) is 11.0. The summed E-state index contributed by atoms with van der Waals surface area (Å²) in [5.41, 5.74) is 1.62. The molecule has 5 heteroatoms. The zero-order valence-electron chi connectivity index (χ0n) is 20.4. The van der Waals surface area contributed by atoms with E-state index in [1.165, 1.54) is 12.0 Å². The molecule has 2 atom stereocenters. The smallest absolute Gasteiger partial charge is 0.328 e. The van der Waals surface area contributed by atoms with Gasteiger partial charge in [0.1, 0.15) is 11.6 Å². The van der Waals surface area contributed by atoms with E-state index >= 15 is 0 Å². The van der Waals surface area contributed by atoms with E-state index < -0.39 is 11.6 Å². The molecule has 0 spiro atoms. The van der Waals surface area contributed by atoms with Gasteiger partial charge in [0.2, 0.25) is 0 Å². The minimum Gasteiger partial charge on any atom is -0.459 e.